The molecule has 1 aromatic heterocycles. The second-order valence-electron chi connectivity index (χ2n) is 6.21. The average Bonchev–Trinajstić information content (AvgIpc) is 2.91. The van der Waals surface area contributed by atoms with Crippen LogP contribution in [-0.2, 0) is 6.42 Å². The minimum absolute atomic E-state index is 0.170. The number of aromatic amines is 1. The molecule has 0 bridgehead atoms. The number of benzene rings is 2. The fourth-order valence-electron chi connectivity index (χ4n) is 3.18. The normalized spacial score (nSPS) is 12.7. The Bertz CT molecular complexity index is 852. The van der Waals surface area contributed by atoms with Crippen LogP contribution >= 0.6 is 23.2 Å². The highest BCUT2D eigenvalue weighted by Crippen LogP contribution is 2.35. The highest BCUT2D eigenvalue weighted by Gasteiger charge is 2.19. The molecule has 2 aromatic carbocycles. The van der Waals surface area contributed by atoms with E-state index in [0.717, 1.165) is 40.9 Å². The van der Waals surface area contributed by atoms with Gasteiger partial charge in [-0.25, -0.2) is 4.39 Å². The Hall–Kier alpha value is -1.51. The lowest BCUT2D eigenvalue weighted by Crippen LogP contribution is -2.00. The average molecular weight is 364 g/mol. The van der Waals surface area contributed by atoms with E-state index >= 15 is 0 Å². The van der Waals surface area contributed by atoms with Crippen molar-refractivity contribution in [1.82, 2.24) is 4.98 Å². The number of unbranched alkanes of at least 4 members (excludes halogenated alkanes) is 1. The number of hydrogen-bond acceptors (Lipinski definition) is 0. The highest BCUT2D eigenvalue weighted by molar-refractivity contribution is 6.31. The van der Waals surface area contributed by atoms with Gasteiger partial charge < -0.3 is 4.98 Å². The smallest absolute Gasteiger partial charge is 0.143 e. The zero-order valence-electron chi connectivity index (χ0n) is 13.8. The van der Waals surface area contributed by atoms with Crippen LogP contribution in [0.2, 0.25) is 10.0 Å². The number of rotatable bonds is 5. The van der Waals surface area contributed by atoms with Gasteiger partial charge in [0, 0.05) is 27.5 Å². The van der Waals surface area contributed by atoms with Gasteiger partial charge in [-0.05, 0) is 48.2 Å². The van der Waals surface area contributed by atoms with Gasteiger partial charge >= 0.3 is 0 Å². The maximum atomic E-state index is 13.8. The first-order valence-corrected chi connectivity index (χ1v) is 9.01. The summed E-state index contributed by atoms with van der Waals surface area (Å²) < 4.78 is 13.8. The van der Waals surface area contributed by atoms with Gasteiger partial charge in [-0.3, -0.25) is 0 Å². The zero-order valence-corrected chi connectivity index (χ0v) is 15.3. The molecule has 3 rings (SSSR count). The SMILES string of the molecule is CCCCc1c(C(C)c2ccc(Cl)cc2)[nH]c2cc(F)c(Cl)cc12. The number of halogens is 3. The minimum atomic E-state index is -0.391. The monoisotopic (exact) mass is 363 g/mol. The lowest BCUT2D eigenvalue weighted by atomic mass is 9.92. The molecule has 4 heteroatoms. The van der Waals surface area contributed by atoms with Crippen molar-refractivity contribution < 1.29 is 4.39 Å². The molecule has 0 fully saturated rings. The van der Waals surface area contributed by atoms with Gasteiger partial charge in [-0.2, -0.15) is 0 Å². The lowest BCUT2D eigenvalue weighted by molar-refractivity contribution is 0.630. The highest BCUT2D eigenvalue weighted by atomic mass is 35.5. The van der Waals surface area contributed by atoms with E-state index in [9.17, 15) is 4.39 Å². The standard InChI is InChI=1S/C20H20Cl2FN/c1-3-4-5-15-16-10-17(22)18(23)11-19(16)24-20(15)12(2)13-6-8-14(21)9-7-13/h6-12,24H,3-5H2,1-2H3. The molecule has 1 nitrogen and oxygen atoms in total. The van der Waals surface area contributed by atoms with E-state index in [1.807, 2.05) is 24.3 Å². The van der Waals surface area contributed by atoms with Gasteiger partial charge in [0.25, 0.3) is 0 Å². The van der Waals surface area contributed by atoms with E-state index in [4.69, 9.17) is 23.2 Å². The minimum Gasteiger partial charge on any atom is -0.358 e. The van der Waals surface area contributed by atoms with Crippen LogP contribution in [0.4, 0.5) is 4.39 Å². The van der Waals surface area contributed by atoms with Crippen LogP contribution in [0.1, 0.15) is 49.4 Å². The van der Waals surface area contributed by atoms with Crippen molar-refractivity contribution >= 4 is 34.1 Å². The molecule has 126 valence electrons. The zero-order chi connectivity index (χ0) is 17.3. The van der Waals surface area contributed by atoms with Crippen LogP contribution in [-0.4, -0.2) is 4.98 Å². The Morgan fingerprint density at radius 3 is 2.50 bits per heavy atom. The van der Waals surface area contributed by atoms with Crippen molar-refractivity contribution in [3.05, 3.63) is 69.1 Å². The van der Waals surface area contributed by atoms with E-state index in [0.29, 0.717) is 0 Å². The fourth-order valence-corrected chi connectivity index (χ4v) is 3.47. The number of nitrogens with one attached hydrogen (secondary N) is 1. The number of hydrogen-bond donors (Lipinski definition) is 1. The second kappa shape index (κ2) is 7.16. The summed E-state index contributed by atoms with van der Waals surface area (Å²) in [7, 11) is 0. The van der Waals surface area contributed by atoms with Crippen molar-refractivity contribution in [2.45, 2.75) is 39.0 Å². The van der Waals surface area contributed by atoms with E-state index in [-0.39, 0.29) is 10.9 Å². The Labute approximate surface area is 151 Å². The summed E-state index contributed by atoms with van der Waals surface area (Å²) in [4.78, 5) is 3.42. The van der Waals surface area contributed by atoms with Crippen LogP contribution in [0, 0.1) is 5.82 Å². The maximum absolute atomic E-state index is 13.8. The Morgan fingerprint density at radius 1 is 1.12 bits per heavy atom. The third-order valence-electron chi connectivity index (χ3n) is 4.56. The Morgan fingerprint density at radius 2 is 1.83 bits per heavy atom. The molecule has 0 amide bonds. The van der Waals surface area contributed by atoms with Gasteiger partial charge in [0.05, 0.1) is 5.02 Å². The van der Waals surface area contributed by atoms with Gasteiger partial charge in [-0.15, -0.1) is 0 Å². The molecule has 0 radical (unpaired) electrons. The van der Waals surface area contributed by atoms with Crippen molar-refractivity contribution in [3.63, 3.8) is 0 Å². The van der Waals surface area contributed by atoms with Crippen LogP contribution in [0.5, 0.6) is 0 Å². The van der Waals surface area contributed by atoms with E-state index in [1.54, 1.807) is 6.07 Å². The molecule has 0 saturated heterocycles. The molecule has 0 aliphatic rings. The summed E-state index contributed by atoms with van der Waals surface area (Å²) in [6, 6.07) is 11.1. The van der Waals surface area contributed by atoms with Crippen LogP contribution < -0.4 is 0 Å². The second-order valence-corrected chi connectivity index (χ2v) is 7.05. The quantitative estimate of drug-likeness (QED) is 0.497. The van der Waals surface area contributed by atoms with Crippen molar-refractivity contribution in [2.24, 2.45) is 0 Å². The molecule has 1 unspecified atom stereocenters. The van der Waals surface area contributed by atoms with E-state index in [1.165, 1.54) is 17.2 Å². The predicted molar refractivity (Wildman–Crippen MR) is 101 cm³/mol. The first-order valence-electron chi connectivity index (χ1n) is 8.26. The van der Waals surface area contributed by atoms with Crippen LogP contribution in [0.15, 0.2) is 36.4 Å². The third-order valence-corrected chi connectivity index (χ3v) is 5.10. The molecule has 1 atom stereocenters. The number of aromatic nitrogens is 1. The summed E-state index contributed by atoms with van der Waals surface area (Å²) in [5.41, 5.74) is 4.34. The summed E-state index contributed by atoms with van der Waals surface area (Å²) in [6.07, 6.45) is 3.14. The van der Waals surface area contributed by atoms with Crippen LogP contribution in [0.3, 0.4) is 0 Å². The largest absolute Gasteiger partial charge is 0.358 e. The van der Waals surface area contributed by atoms with Gasteiger partial charge in [0.2, 0.25) is 0 Å². The van der Waals surface area contributed by atoms with Crippen LogP contribution in [0.25, 0.3) is 10.9 Å². The third kappa shape index (κ3) is 3.31. The molecule has 0 aliphatic carbocycles. The van der Waals surface area contributed by atoms with Crippen molar-refractivity contribution in [2.75, 3.05) is 0 Å². The molecule has 1 N–H and O–H groups in total. The number of H-pyrrole nitrogens is 1. The maximum Gasteiger partial charge on any atom is 0.143 e. The van der Waals surface area contributed by atoms with Gasteiger partial charge in [0.15, 0.2) is 0 Å². The summed E-state index contributed by atoms with van der Waals surface area (Å²) in [5.74, 6) is -0.221. The molecule has 0 aliphatic heterocycles. The van der Waals surface area contributed by atoms with Gasteiger partial charge in [0.1, 0.15) is 5.82 Å². The van der Waals surface area contributed by atoms with Crippen molar-refractivity contribution in [3.8, 4) is 0 Å². The fraction of sp³-hybridized carbons (Fsp3) is 0.300. The number of fused-ring (bicyclic) bond motifs is 1. The van der Waals surface area contributed by atoms with Crippen molar-refractivity contribution in [1.29, 1.82) is 0 Å². The molecular formula is C20H20Cl2FN. The molecule has 0 spiro atoms. The first-order chi connectivity index (χ1) is 11.5. The first kappa shape index (κ1) is 17.3. The molecule has 3 aromatic rings. The lowest BCUT2D eigenvalue weighted by Gasteiger charge is -2.14. The molecule has 24 heavy (non-hydrogen) atoms. The topological polar surface area (TPSA) is 15.8 Å². The summed E-state index contributed by atoms with van der Waals surface area (Å²) in [6.45, 7) is 4.32. The predicted octanol–water partition coefficient (Wildman–Crippen LogP) is 7.11. The number of aryl methyl sites for hydroxylation is 1. The van der Waals surface area contributed by atoms with E-state index < -0.39 is 5.82 Å². The molecular weight excluding hydrogens is 344 g/mol. The Kier molecular flexibility index (Phi) is 5.17. The summed E-state index contributed by atoms with van der Waals surface area (Å²) in [5, 5.41) is 1.92. The molecule has 1 heterocycles. The van der Waals surface area contributed by atoms with E-state index in [2.05, 4.69) is 18.8 Å². The molecule has 0 saturated carbocycles. The Balaban J connectivity index is 2.12. The summed E-state index contributed by atoms with van der Waals surface area (Å²) >= 11 is 12.0. The van der Waals surface area contributed by atoms with Gasteiger partial charge in [-0.1, -0.05) is 55.6 Å².